The molecule has 0 fully saturated rings. The Bertz CT molecular complexity index is 400. The second kappa shape index (κ2) is 4.45. The third-order valence-corrected chi connectivity index (χ3v) is 2.03. The van der Waals surface area contributed by atoms with Crippen molar-refractivity contribution in [3.05, 3.63) is 32.5 Å². The van der Waals surface area contributed by atoms with Gasteiger partial charge in [-0.1, -0.05) is 11.6 Å². The third kappa shape index (κ3) is 2.18. The number of hydrogen-bond acceptors (Lipinski definition) is 4. The monoisotopic (exact) mass is 238 g/mol. The number of hydrogen-bond donors (Lipinski definition) is 1. The number of nitro groups is 1. The van der Waals surface area contributed by atoms with E-state index in [0.717, 1.165) is 6.20 Å². The first-order valence-corrected chi connectivity index (χ1v) is 4.07. The number of rotatable bonds is 3. The molecule has 0 aliphatic rings. The van der Waals surface area contributed by atoms with Crippen molar-refractivity contribution in [1.82, 2.24) is 4.98 Å². The van der Waals surface area contributed by atoms with Crippen molar-refractivity contribution in [3.63, 3.8) is 0 Å². The van der Waals surface area contributed by atoms with E-state index >= 15 is 0 Å². The number of aromatic nitrogens is 1. The lowest BCUT2D eigenvalue weighted by atomic mass is 10.1. The normalized spacial score (nSPS) is 10.7. The molecule has 0 saturated heterocycles. The zero-order valence-corrected chi connectivity index (χ0v) is 7.91. The molecular formula is C7H5ClF2N2O3. The van der Waals surface area contributed by atoms with Gasteiger partial charge in [-0.15, -0.1) is 0 Å². The minimum atomic E-state index is -3.11. The molecule has 0 aliphatic carbocycles. The van der Waals surface area contributed by atoms with E-state index in [2.05, 4.69) is 4.98 Å². The van der Waals surface area contributed by atoms with Crippen molar-refractivity contribution in [3.8, 4) is 0 Å². The highest BCUT2D eigenvalue weighted by Gasteiger charge is 2.28. The molecule has 1 rings (SSSR count). The lowest BCUT2D eigenvalue weighted by Crippen LogP contribution is -2.04. The van der Waals surface area contributed by atoms with E-state index in [1.54, 1.807) is 0 Å². The topological polar surface area (TPSA) is 76.3 Å². The Morgan fingerprint density at radius 2 is 2.27 bits per heavy atom. The van der Waals surface area contributed by atoms with Crippen LogP contribution < -0.4 is 0 Å². The summed E-state index contributed by atoms with van der Waals surface area (Å²) in [4.78, 5) is 12.5. The highest BCUT2D eigenvalue weighted by Crippen LogP contribution is 2.33. The smallest absolute Gasteiger partial charge is 0.372 e. The molecule has 0 radical (unpaired) electrons. The third-order valence-electron chi connectivity index (χ3n) is 1.70. The van der Waals surface area contributed by atoms with Crippen LogP contribution >= 0.6 is 11.6 Å². The van der Waals surface area contributed by atoms with E-state index in [4.69, 9.17) is 16.7 Å². The molecule has 1 aromatic heterocycles. The fourth-order valence-electron chi connectivity index (χ4n) is 1.06. The summed E-state index contributed by atoms with van der Waals surface area (Å²) in [6.07, 6.45) is -2.25. The summed E-state index contributed by atoms with van der Waals surface area (Å²) < 4.78 is 25.0. The highest BCUT2D eigenvalue weighted by atomic mass is 35.5. The lowest BCUT2D eigenvalue weighted by Gasteiger charge is -2.07. The van der Waals surface area contributed by atoms with Crippen molar-refractivity contribution < 1.29 is 18.8 Å². The Balaban J connectivity index is 3.49. The first kappa shape index (κ1) is 11.7. The van der Waals surface area contributed by atoms with Gasteiger partial charge in [-0.3, -0.25) is 0 Å². The van der Waals surface area contributed by atoms with Crippen LogP contribution in [-0.4, -0.2) is 15.0 Å². The van der Waals surface area contributed by atoms with Crippen LogP contribution in [0.4, 0.5) is 14.6 Å². The number of pyridine rings is 1. The first-order chi connectivity index (χ1) is 6.99. The molecule has 15 heavy (non-hydrogen) atoms. The predicted molar refractivity (Wildman–Crippen MR) is 46.8 cm³/mol. The maximum Gasteiger partial charge on any atom is 0.372 e. The van der Waals surface area contributed by atoms with Crippen LogP contribution in [0.2, 0.25) is 5.02 Å². The number of aliphatic hydroxyl groups excluding tert-OH is 1. The quantitative estimate of drug-likeness (QED) is 0.646. The van der Waals surface area contributed by atoms with Crippen molar-refractivity contribution in [2.75, 3.05) is 0 Å². The maximum atomic E-state index is 12.5. The van der Waals surface area contributed by atoms with E-state index in [1.165, 1.54) is 0 Å². The molecule has 0 saturated carbocycles. The molecule has 1 heterocycles. The number of halogens is 3. The van der Waals surface area contributed by atoms with Gasteiger partial charge >= 0.3 is 5.82 Å². The molecule has 0 aliphatic heterocycles. The number of nitrogens with zero attached hydrogens (tertiary/aromatic N) is 2. The molecule has 0 bridgehead atoms. The highest BCUT2D eigenvalue weighted by molar-refractivity contribution is 6.31. The summed E-state index contributed by atoms with van der Waals surface area (Å²) in [7, 11) is 0. The van der Waals surface area contributed by atoms with Crippen LogP contribution in [0.1, 0.15) is 17.6 Å². The minimum Gasteiger partial charge on any atom is -0.392 e. The number of aliphatic hydroxyl groups is 1. The average molecular weight is 239 g/mol. The van der Waals surface area contributed by atoms with Crippen molar-refractivity contribution in [1.29, 1.82) is 0 Å². The molecule has 1 aromatic rings. The van der Waals surface area contributed by atoms with Crippen LogP contribution in [0, 0.1) is 10.1 Å². The Labute approximate surface area is 87.5 Å². The van der Waals surface area contributed by atoms with Gasteiger partial charge in [0.1, 0.15) is 5.56 Å². The Morgan fingerprint density at radius 1 is 1.67 bits per heavy atom. The summed E-state index contributed by atoms with van der Waals surface area (Å²) >= 11 is 5.47. The van der Waals surface area contributed by atoms with Gasteiger partial charge in [-0.25, -0.2) is 8.78 Å². The van der Waals surface area contributed by atoms with Crippen LogP contribution in [-0.2, 0) is 6.61 Å². The molecule has 0 unspecified atom stereocenters. The van der Waals surface area contributed by atoms with Crippen molar-refractivity contribution >= 4 is 17.4 Å². The molecule has 8 heteroatoms. The van der Waals surface area contributed by atoms with E-state index in [1.807, 2.05) is 0 Å². The molecule has 0 aromatic carbocycles. The predicted octanol–water partition coefficient (Wildman–Crippen LogP) is 2.07. The first-order valence-electron chi connectivity index (χ1n) is 3.69. The van der Waals surface area contributed by atoms with Crippen LogP contribution in [0.15, 0.2) is 6.20 Å². The van der Waals surface area contributed by atoms with E-state index in [-0.39, 0.29) is 10.6 Å². The van der Waals surface area contributed by atoms with Crippen molar-refractivity contribution in [2.24, 2.45) is 0 Å². The second-order valence-corrected chi connectivity index (χ2v) is 2.95. The van der Waals surface area contributed by atoms with Crippen LogP contribution in [0.25, 0.3) is 0 Å². The maximum absolute atomic E-state index is 12.5. The molecule has 1 N–H and O–H groups in total. The van der Waals surface area contributed by atoms with Crippen LogP contribution in [0.5, 0.6) is 0 Å². The van der Waals surface area contributed by atoms with Gasteiger partial charge in [0.2, 0.25) is 0 Å². The Hall–Kier alpha value is -1.34. The van der Waals surface area contributed by atoms with Gasteiger partial charge in [0.05, 0.1) is 11.6 Å². The fraction of sp³-hybridized carbons (Fsp3) is 0.286. The molecule has 0 amide bonds. The fourth-order valence-corrected chi connectivity index (χ4v) is 1.27. The molecule has 0 atom stereocenters. The number of alkyl halides is 2. The molecule has 5 nitrogen and oxygen atoms in total. The average Bonchev–Trinajstić information content (AvgIpc) is 2.16. The largest absolute Gasteiger partial charge is 0.392 e. The van der Waals surface area contributed by atoms with Gasteiger partial charge in [0.15, 0.2) is 6.20 Å². The van der Waals surface area contributed by atoms with Gasteiger partial charge in [0, 0.05) is 5.56 Å². The zero-order valence-electron chi connectivity index (χ0n) is 7.15. The minimum absolute atomic E-state index is 0.224. The van der Waals surface area contributed by atoms with E-state index < -0.39 is 29.3 Å². The summed E-state index contributed by atoms with van der Waals surface area (Å²) in [6, 6.07) is 0. The van der Waals surface area contributed by atoms with Crippen molar-refractivity contribution in [2.45, 2.75) is 13.0 Å². The van der Waals surface area contributed by atoms with Crippen LogP contribution in [0.3, 0.4) is 0 Å². The van der Waals surface area contributed by atoms with E-state index in [0.29, 0.717) is 0 Å². The summed E-state index contributed by atoms with van der Waals surface area (Å²) in [5.74, 6) is -0.988. The Kier molecular flexibility index (Phi) is 3.48. The van der Waals surface area contributed by atoms with Gasteiger partial charge in [0.25, 0.3) is 6.43 Å². The zero-order chi connectivity index (χ0) is 11.6. The summed E-state index contributed by atoms with van der Waals surface area (Å²) in [5.41, 5.74) is -1.30. The van der Waals surface area contributed by atoms with Gasteiger partial charge in [-0.2, -0.15) is 0 Å². The standard InChI is InChI=1S/C7H5ClF2N2O3/c8-4-1-11-7(12(14)15)5(6(9)10)3(4)2-13/h1,6,13H,2H2. The van der Waals surface area contributed by atoms with E-state index in [9.17, 15) is 18.9 Å². The lowest BCUT2D eigenvalue weighted by molar-refractivity contribution is -0.391. The summed E-state index contributed by atoms with van der Waals surface area (Å²) in [6.45, 7) is -0.804. The summed E-state index contributed by atoms with van der Waals surface area (Å²) in [5, 5.41) is 19.0. The molecule has 0 spiro atoms. The molecular weight excluding hydrogens is 234 g/mol. The van der Waals surface area contributed by atoms with Gasteiger partial charge in [-0.05, 0) is 9.91 Å². The SMILES string of the molecule is O=[N+]([O-])c1ncc(Cl)c(CO)c1C(F)F. The second-order valence-electron chi connectivity index (χ2n) is 2.54. The van der Waals surface area contributed by atoms with Gasteiger partial charge < -0.3 is 15.2 Å². The Morgan fingerprint density at radius 3 is 2.67 bits per heavy atom. The molecule has 82 valence electrons.